The summed E-state index contributed by atoms with van der Waals surface area (Å²) >= 11 is 0. The first-order valence-electron chi connectivity index (χ1n) is 7.71. The molecule has 1 aliphatic heterocycles. The van der Waals surface area contributed by atoms with E-state index in [2.05, 4.69) is 73.5 Å². The molecular formula is C18H23N3. The van der Waals surface area contributed by atoms with Crippen LogP contribution in [-0.2, 0) is 13.0 Å². The third-order valence-electron chi connectivity index (χ3n) is 3.94. The minimum atomic E-state index is 0.461. The van der Waals surface area contributed by atoms with Crippen LogP contribution in [0.5, 0.6) is 0 Å². The van der Waals surface area contributed by atoms with Crippen LogP contribution in [0.3, 0.4) is 0 Å². The molecule has 0 saturated heterocycles. The highest BCUT2D eigenvalue weighted by molar-refractivity contribution is 5.68. The first-order valence-corrected chi connectivity index (χ1v) is 7.71. The van der Waals surface area contributed by atoms with Gasteiger partial charge in [0.2, 0.25) is 0 Å². The predicted octanol–water partition coefficient (Wildman–Crippen LogP) is 3.66. The number of hydrogen-bond acceptors (Lipinski definition) is 3. The second-order valence-corrected chi connectivity index (χ2v) is 6.07. The predicted molar refractivity (Wildman–Crippen MR) is 88.0 cm³/mol. The van der Waals surface area contributed by atoms with Gasteiger partial charge in [0.15, 0.2) is 0 Å². The van der Waals surface area contributed by atoms with Gasteiger partial charge >= 0.3 is 0 Å². The van der Waals surface area contributed by atoms with Gasteiger partial charge < -0.3 is 10.2 Å². The molecule has 1 atom stereocenters. The number of rotatable bonds is 4. The van der Waals surface area contributed by atoms with E-state index in [4.69, 9.17) is 4.98 Å². The van der Waals surface area contributed by atoms with Crippen LogP contribution < -0.4 is 10.2 Å². The third-order valence-corrected chi connectivity index (χ3v) is 3.94. The molecule has 1 aliphatic rings. The lowest BCUT2D eigenvalue weighted by atomic mass is 10.1. The summed E-state index contributed by atoms with van der Waals surface area (Å²) in [7, 11) is 0. The van der Waals surface area contributed by atoms with E-state index in [1.165, 1.54) is 11.3 Å². The maximum absolute atomic E-state index is 4.84. The maximum atomic E-state index is 4.84. The minimum absolute atomic E-state index is 0.461. The Kier molecular flexibility index (Phi) is 3.93. The standard InChI is InChI=1S/C18H23N3/c1-13(2)19-12-16-8-6-10-18(20-16)21-14(3)11-15-7-4-5-9-17(15)21/h4-10,13-14,19H,11-12H2,1-3H3. The van der Waals surface area contributed by atoms with E-state index < -0.39 is 0 Å². The molecule has 110 valence electrons. The van der Waals surface area contributed by atoms with E-state index in [9.17, 15) is 0 Å². The molecule has 0 spiro atoms. The Balaban J connectivity index is 1.88. The molecule has 21 heavy (non-hydrogen) atoms. The van der Waals surface area contributed by atoms with Gasteiger partial charge in [0.05, 0.1) is 5.69 Å². The number of fused-ring (bicyclic) bond motifs is 1. The fourth-order valence-corrected chi connectivity index (χ4v) is 2.92. The highest BCUT2D eigenvalue weighted by Crippen LogP contribution is 2.36. The molecule has 2 heterocycles. The zero-order valence-electron chi connectivity index (χ0n) is 13.0. The molecule has 0 radical (unpaired) electrons. The number of para-hydroxylation sites is 1. The lowest BCUT2D eigenvalue weighted by Crippen LogP contribution is -2.26. The zero-order chi connectivity index (χ0) is 14.8. The van der Waals surface area contributed by atoms with Gasteiger partial charge in [0.1, 0.15) is 5.82 Å². The van der Waals surface area contributed by atoms with Gasteiger partial charge in [-0.05, 0) is 37.1 Å². The summed E-state index contributed by atoms with van der Waals surface area (Å²) in [4.78, 5) is 7.19. The fourth-order valence-electron chi connectivity index (χ4n) is 2.92. The van der Waals surface area contributed by atoms with E-state index in [-0.39, 0.29) is 0 Å². The van der Waals surface area contributed by atoms with Crippen molar-refractivity contribution in [2.24, 2.45) is 0 Å². The molecule has 2 aromatic rings. The number of aromatic nitrogens is 1. The van der Waals surface area contributed by atoms with E-state index in [0.29, 0.717) is 12.1 Å². The molecule has 0 saturated carbocycles. The molecule has 3 heteroatoms. The molecule has 1 aromatic carbocycles. The summed E-state index contributed by atoms with van der Waals surface area (Å²) in [5, 5.41) is 3.43. The number of nitrogens with zero attached hydrogens (tertiary/aromatic N) is 2. The normalized spacial score (nSPS) is 17.3. The third kappa shape index (κ3) is 2.93. The van der Waals surface area contributed by atoms with Crippen molar-refractivity contribution < 1.29 is 0 Å². The van der Waals surface area contributed by atoms with Crippen molar-refractivity contribution >= 4 is 11.5 Å². The molecule has 1 aromatic heterocycles. The molecule has 0 bridgehead atoms. The SMILES string of the molecule is CC(C)NCc1cccc(N2c3ccccc3CC2C)n1. The number of pyridine rings is 1. The summed E-state index contributed by atoms with van der Waals surface area (Å²) in [5.41, 5.74) is 3.81. The molecule has 3 rings (SSSR count). The summed E-state index contributed by atoms with van der Waals surface area (Å²) in [6.45, 7) is 7.39. The molecule has 0 amide bonds. The van der Waals surface area contributed by atoms with Gasteiger partial charge in [-0.15, -0.1) is 0 Å². The zero-order valence-corrected chi connectivity index (χ0v) is 13.0. The molecule has 0 fully saturated rings. The molecular weight excluding hydrogens is 258 g/mol. The van der Waals surface area contributed by atoms with Crippen LogP contribution in [0.15, 0.2) is 42.5 Å². The Labute approximate surface area is 127 Å². The van der Waals surface area contributed by atoms with Gasteiger partial charge in [-0.3, -0.25) is 0 Å². The lowest BCUT2D eigenvalue weighted by molar-refractivity contribution is 0.581. The van der Waals surface area contributed by atoms with Crippen LogP contribution in [0.1, 0.15) is 32.0 Å². The summed E-state index contributed by atoms with van der Waals surface area (Å²) in [6, 6.07) is 15.9. The van der Waals surface area contributed by atoms with Crippen molar-refractivity contribution in [2.45, 2.75) is 45.8 Å². The Morgan fingerprint density at radius 3 is 2.81 bits per heavy atom. The van der Waals surface area contributed by atoms with Gasteiger partial charge in [0, 0.05) is 24.3 Å². The molecule has 0 aliphatic carbocycles. The Bertz CT molecular complexity index is 621. The van der Waals surface area contributed by atoms with Crippen molar-refractivity contribution in [1.82, 2.24) is 10.3 Å². The van der Waals surface area contributed by atoms with E-state index >= 15 is 0 Å². The molecule has 3 nitrogen and oxygen atoms in total. The van der Waals surface area contributed by atoms with Crippen molar-refractivity contribution in [1.29, 1.82) is 0 Å². The summed E-state index contributed by atoms with van der Waals surface area (Å²) in [6.07, 6.45) is 1.09. The number of anilines is 2. The monoisotopic (exact) mass is 281 g/mol. The maximum Gasteiger partial charge on any atom is 0.133 e. The first-order chi connectivity index (χ1) is 10.1. The van der Waals surface area contributed by atoms with Gasteiger partial charge in [-0.1, -0.05) is 38.1 Å². The van der Waals surface area contributed by atoms with Crippen molar-refractivity contribution in [2.75, 3.05) is 4.90 Å². The van der Waals surface area contributed by atoms with Gasteiger partial charge in [-0.2, -0.15) is 0 Å². The average Bonchev–Trinajstić information content (AvgIpc) is 2.81. The van der Waals surface area contributed by atoms with E-state index in [1.54, 1.807) is 0 Å². The van der Waals surface area contributed by atoms with Crippen LogP contribution in [0.4, 0.5) is 11.5 Å². The Morgan fingerprint density at radius 2 is 2.00 bits per heavy atom. The summed E-state index contributed by atoms with van der Waals surface area (Å²) < 4.78 is 0. The lowest BCUT2D eigenvalue weighted by Gasteiger charge is -2.24. The molecule has 1 unspecified atom stereocenters. The van der Waals surface area contributed by atoms with Gasteiger partial charge in [-0.25, -0.2) is 4.98 Å². The van der Waals surface area contributed by atoms with Crippen LogP contribution in [0.25, 0.3) is 0 Å². The largest absolute Gasteiger partial charge is 0.323 e. The van der Waals surface area contributed by atoms with Gasteiger partial charge in [0.25, 0.3) is 0 Å². The van der Waals surface area contributed by atoms with Crippen LogP contribution in [-0.4, -0.2) is 17.1 Å². The quantitative estimate of drug-likeness (QED) is 0.927. The second kappa shape index (κ2) is 5.86. The molecule has 1 N–H and O–H groups in total. The van der Waals surface area contributed by atoms with Crippen LogP contribution >= 0.6 is 0 Å². The van der Waals surface area contributed by atoms with Crippen LogP contribution in [0, 0.1) is 0 Å². The average molecular weight is 281 g/mol. The van der Waals surface area contributed by atoms with Crippen LogP contribution in [0.2, 0.25) is 0 Å². The fraction of sp³-hybridized carbons (Fsp3) is 0.389. The van der Waals surface area contributed by atoms with E-state index in [1.807, 2.05) is 0 Å². The minimum Gasteiger partial charge on any atom is -0.323 e. The summed E-state index contributed by atoms with van der Waals surface area (Å²) in [5.74, 6) is 1.05. The van der Waals surface area contributed by atoms with Crippen molar-refractivity contribution in [3.05, 3.63) is 53.7 Å². The Hall–Kier alpha value is -1.87. The highest BCUT2D eigenvalue weighted by Gasteiger charge is 2.27. The number of nitrogens with one attached hydrogen (secondary N) is 1. The number of hydrogen-bond donors (Lipinski definition) is 1. The smallest absolute Gasteiger partial charge is 0.133 e. The number of benzene rings is 1. The van der Waals surface area contributed by atoms with E-state index in [0.717, 1.165) is 24.5 Å². The van der Waals surface area contributed by atoms with Crippen molar-refractivity contribution in [3.8, 4) is 0 Å². The van der Waals surface area contributed by atoms with Crippen molar-refractivity contribution in [3.63, 3.8) is 0 Å². The second-order valence-electron chi connectivity index (χ2n) is 6.07. The first kappa shape index (κ1) is 14.1. The highest BCUT2D eigenvalue weighted by atomic mass is 15.2. The topological polar surface area (TPSA) is 28.2 Å². The Morgan fingerprint density at radius 1 is 1.19 bits per heavy atom.